The van der Waals surface area contributed by atoms with Crippen LogP contribution in [0.2, 0.25) is 0 Å². The quantitative estimate of drug-likeness (QED) is 0.189. The van der Waals surface area contributed by atoms with Gasteiger partial charge in [-0.2, -0.15) is 0 Å². The van der Waals surface area contributed by atoms with Gasteiger partial charge in [-0.15, -0.1) is 0 Å². The van der Waals surface area contributed by atoms with Gasteiger partial charge in [0.25, 0.3) is 0 Å². The van der Waals surface area contributed by atoms with Gasteiger partial charge in [0, 0.05) is 26.2 Å². The summed E-state index contributed by atoms with van der Waals surface area (Å²) in [6.45, 7) is 5.89. The maximum Gasteiger partial charge on any atom is 0.410 e. The highest BCUT2D eigenvalue weighted by Gasteiger charge is 2.42. The summed E-state index contributed by atoms with van der Waals surface area (Å²) in [5.41, 5.74) is 2.89. The summed E-state index contributed by atoms with van der Waals surface area (Å²) in [7, 11) is 0. The van der Waals surface area contributed by atoms with Crippen LogP contribution in [0.25, 0.3) is 0 Å². The van der Waals surface area contributed by atoms with Crippen LogP contribution in [0.15, 0.2) is 121 Å². The molecular formula is C42H46N4O6. The Morgan fingerprint density at radius 2 is 0.904 bits per heavy atom. The highest BCUT2D eigenvalue weighted by molar-refractivity contribution is 5.81. The van der Waals surface area contributed by atoms with Crippen LogP contribution in [0.4, 0.5) is 4.79 Å². The Labute approximate surface area is 305 Å². The molecule has 4 aromatic carbocycles. The molecule has 4 aromatic rings. The van der Waals surface area contributed by atoms with E-state index in [1.165, 1.54) is 0 Å². The molecule has 2 saturated heterocycles. The highest BCUT2D eigenvalue weighted by atomic mass is 16.6. The van der Waals surface area contributed by atoms with E-state index in [9.17, 15) is 19.2 Å². The number of piperazine rings is 2. The molecule has 10 nitrogen and oxygen atoms in total. The van der Waals surface area contributed by atoms with Gasteiger partial charge in [-0.05, 0) is 43.0 Å². The summed E-state index contributed by atoms with van der Waals surface area (Å²) in [4.78, 5) is 61.0. The van der Waals surface area contributed by atoms with E-state index in [0.717, 1.165) is 28.7 Å². The van der Waals surface area contributed by atoms with Gasteiger partial charge >= 0.3 is 6.09 Å². The van der Waals surface area contributed by atoms with E-state index in [4.69, 9.17) is 9.47 Å². The largest absolute Gasteiger partial charge is 0.444 e. The molecule has 270 valence electrons. The number of amides is 4. The molecule has 2 aliphatic rings. The van der Waals surface area contributed by atoms with Crippen LogP contribution in [0.3, 0.4) is 0 Å². The van der Waals surface area contributed by atoms with Crippen LogP contribution in [0.1, 0.15) is 67.2 Å². The third-order valence-corrected chi connectivity index (χ3v) is 9.61. The number of ether oxygens (including phenoxy) is 2. The second kappa shape index (κ2) is 16.2. The first kappa shape index (κ1) is 36.3. The molecule has 10 heteroatoms. The monoisotopic (exact) mass is 702 g/mol. The lowest BCUT2D eigenvalue weighted by Crippen LogP contribution is -2.55. The van der Waals surface area contributed by atoms with E-state index in [1.807, 2.05) is 142 Å². The number of nitrogens with zero attached hydrogens (tertiary/aromatic N) is 4. The Bertz CT molecular complexity index is 1800. The molecular weight excluding hydrogens is 656 g/mol. The third-order valence-electron chi connectivity index (χ3n) is 9.61. The van der Waals surface area contributed by atoms with Gasteiger partial charge in [0.1, 0.15) is 18.8 Å². The van der Waals surface area contributed by atoms with Crippen LogP contribution in [-0.2, 0) is 23.9 Å². The molecule has 0 radical (unpaired) electrons. The number of carbonyl (C=O) groups excluding carboxylic acids is 4. The van der Waals surface area contributed by atoms with Crippen molar-refractivity contribution >= 4 is 24.3 Å². The maximum absolute atomic E-state index is 14.1. The Morgan fingerprint density at radius 3 is 1.31 bits per heavy atom. The van der Waals surface area contributed by atoms with Crippen LogP contribution in [-0.4, -0.2) is 88.9 Å². The van der Waals surface area contributed by atoms with E-state index in [1.54, 1.807) is 19.6 Å². The van der Waals surface area contributed by atoms with Gasteiger partial charge in [-0.25, -0.2) is 4.79 Å². The molecule has 4 amide bonds. The minimum absolute atomic E-state index is 0.210. The molecule has 52 heavy (non-hydrogen) atoms. The van der Waals surface area contributed by atoms with E-state index in [-0.39, 0.29) is 56.7 Å². The molecule has 6 rings (SSSR count). The smallest absolute Gasteiger partial charge is 0.410 e. The normalized spacial score (nSPS) is 20.7. The van der Waals surface area contributed by atoms with E-state index in [2.05, 4.69) is 0 Å². The average molecular weight is 703 g/mol. The molecule has 4 unspecified atom stereocenters. The molecule has 0 spiro atoms. The highest BCUT2D eigenvalue weighted by Crippen LogP contribution is 2.37. The van der Waals surface area contributed by atoms with E-state index >= 15 is 0 Å². The Morgan fingerprint density at radius 1 is 0.558 bits per heavy atom. The molecule has 0 saturated carbocycles. The summed E-state index contributed by atoms with van der Waals surface area (Å²) >= 11 is 0. The molecule has 2 fully saturated rings. The van der Waals surface area contributed by atoms with Crippen molar-refractivity contribution in [1.82, 2.24) is 19.6 Å². The zero-order chi connectivity index (χ0) is 36.7. The fraction of sp³-hybridized carbons (Fsp3) is 0.333. The predicted molar refractivity (Wildman–Crippen MR) is 197 cm³/mol. The van der Waals surface area contributed by atoms with Gasteiger partial charge in [0.2, 0.25) is 18.2 Å². The van der Waals surface area contributed by atoms with Crippen molar-refractivity contribution in [3.05, 3.63) is 144 Å². The van der Waals surface area contributed by atoms with Gasteiger partial charge in [0.15, 0.2) is 0 Å². The fourth-order valence-corrected chi connectivity index (χ4v) is 7.10. The van der Waals surface area contributed by atoms with Crippen molar-refractivity contribution < 1.29 is 28.7 Å². The van der Waals surface area contributed by atoms with Crippen molar-refractivity contribution in [2.24, 2.45) is 0 Å². The van der Waals surface area contributed by atoms with Crippen molar-refractivity contribution in [3.63, 3.8) is 0 Å². The number of hydrogen-bond donors (Lipinski definition) is 0. The summed E-state index contributed by atoms with van der Waals surface area (Å²) in [6.07, 6.45) is 0.395. The van der Waals surface area contributed by atoms with Gasteiger partial charge in [-0.3, -0.25) is 19.3 Å². The maximum atomic E-state index is 14.1. The topological polar surface area (TPSA) is 99.7 Å². The SMILES string of the molecule is CC(C)(C)OC(=O)N1CC(c2ccccc2)N(C(=O)COCC(=O)N2CC(c3ccccc3)N(C=O)CC2c2ccccc2)CC1c1ccccc1. The van der Waals surface area contributed by atoms with Crippen LogP contribution in [0, 0.1) is 0 Å². The number of hydrogen-bond acceptors (Lipinski definition) is 6. The molecule has 2 heterocycles. The second-order valence-electron chi connectivity index (χ2n) is 14.2. The number of carbonyl (C=O) groups is 4. The second-order valence-corrected chi connectivity index (χ2v) is 14.2. The summed E-state index contributed by atoms with van der Waals surface area (Å²) in [5, 5.41) is 0. The van der Waals surface area contributed by atoms with Crippen molar-refractivity contribution in [2.75, 3.05) is 39.4 Å². The first-order valence-electron chi connectivity index (χ1n) is 17.7. The van der Waals surface area contributed by atoms with Gasteiger partial charge in [0.05, 0.1) is 24.2 Å². The lowest BCUT2D eigenvalue weighted by atomic mass is 9.95. The van der Waals surface area contributed by atoms with E-state index < -0.39 is 23.8 Å². The zero-order valence-electron chi connectivity index (χ0n) is 29.9. The van der Waals surface area contributed by atoms with Crippen LogP contribution < -0.4 is 0 Å². The predicted octanol–water partition coefficient (Wildman–Crippen LogP) is 6.35. The summed E-state index contributed by atoms with van der Waals surface area (Å²) in [6, 6.07) is 36.9. The summed E-state index contributed by atoms with van der Waals surface area (Å²) < 4.78 is 11.8. The molecule has 4 atom stereocenters. The molecule has 2 aliphatic heterocycles. The minimum Gasteiger partial charge on any atom is -0.444 e. The fourth-order valence-electron chi connectivity index (χ4n) is 7.10. The summed E-state index contributed by atoms with van der Waals surface area (Å²) in [5.74, 6) is -0.566. The van der Waals surface area contributed by atoms with Crippen molar-refractivity contribution in [1.29, 1.82) is 0 Å². The standard InChI is InChI=1S/C42H46N4O6/c1-42(2,3)52-41(50)46-27-37(33-20-12-6-13-21-33)45(26-38(46)34-22-14-7-15-23-34)40(49)29-51-28-39(48)44-25-35(31-16-8-4-9-17-31)43(30-47)24-36(44)32-18-10-5-11-19-32/h4-23,30,35-38H,24-29H2,1-3H3. The Hall–Kier alpha value is -5.48. The van der Waals surface area contributed by atoms with Gasteiger partial charge < -0.3 is 24.2 Å². The molecule has 0 aromatic heterocycles. The zero-order valence-corrected chi connectivity index (χ0v) is 29.9. The Kier molecular flexibility index (Phi) is 11.3. The molecule has 0 bridgehead atoms. The average Bonchev–Trinajstić information content (AvgIpc) is 3.17. The van der Waals surface area contributed by atoms with Crippen molar-refractivity contribution in [3.8, 4) is 0 Å². The van der Waals surface area contributed by atoms with Crippen molar-refractivity contribution in [2.45, 2.75) is 50.5 Å². The first-order chi connectivity index (χ1) is 25.1. The number of rotatable bonds is 9. The number of benzene rings is 4. The minimum atomic E-state index is -0.700. The van der Waals surface area contributed by atoms with Gasteiger partial charge in [-0.1, -0.05) is 121 Å². The van der Waals surface area contributed by atoms with E-state index in [0.29, 0.717) is 6.54 Å². The Balaban J connectivity index is 1.21. The third kappa shape index (κ3) is 8.51. The van der Waals surface area contributed by atoms with Crippen LogP contribution >= 0.6 is 0 Å². The molecule has 0 N–H and O–H groups in total. The lowest BCUT2D eigenvalue weighted by molar-refractivity contribution is -0.151. The van der Waals surface area contributed by atoms with Crippen LogP contribution in [0.5, 0.6) is 0 Å². The lowest BCUT2D eigenvalue weighted by Gasteiger charge is -2.46. The first-order valence-corrected chi connectivity index (χ1v) is 17.7. The molecule has 0 aliphatic carbocycles.